The number of amides is 1. The molecular formula is C48H81N3O6S. The lowest BCUT2D eigenvalue weighted by atomic mass is 9.92. The van der Waals surface area contributed by atoms with Crippen LogP contribution in [-0.4, -0.2) is 50.8 Å². The van der Waals surface area contributed by atoms with Crippen molar-refractivity contribution in [3.63, 3.8) is 0 Å². The SMILES string of the molecule is CCCCCCCCC=CCCCCCCCC(=O)CCC(CC(=O)CCCCCCC=CCCCCCCCC)C(=O)Nc1ccn(C2COC(CO)S2)c(=O)n1. The number of carbonyl (C=O) groups excluding carboxylic acids is 3. The van der Waals surface area contributed by atoms with E-state index in [2.05, 4.69) is 48.5 Å². The summed E-state index contributed by atoms with van der Waals surface area (Å²) in [4.78, 5) is 56.4. The number of ketones is 2. The van der Waals surface area contributed by atoms with Gasteiger partial charge in [0.15, 0.2) is 0 Å². The highest BCUT2D eigenvalue weighted by Gasteiger charge is 2.28. The Bertz CT molecular complexity index is 1350. The number of hydrogen-bond acceptors (Lipinski definition) is 8. The molecule has 1 saturated heterocycles. The summed E-state index contributed by atoms with van der Waals surface area (Å²) in [5, 5.41) is 11.8. The Morgan fingerprint density at radius 3 is 1.71 bits per heavy atom. The Hall–Kier alpha value is -2.56. The highest BCUT2D eigenvalue weighted by molar-refractivity contribution is 8.00. The molecule has 58 heavy (non-hydrogen) atoms. The smallest absolute Gasteiger partial charge is 0.350 e. The second kappa shape index (κ2) is 35.2. The van der Waals surface area contributed by atoms with Crippen molar-refractivity contribution in [2.75, 3.05) is 18.5 Å². The van der Waals surface area contributed by atoms with Gasteiger partial charge in [-0.05, 0) is 76.7 Å². The zero-order valence-corrected chi connectivity index (χ0v) is 37.4. The number of aliphatic hydroxyl groups excluding tert-OH is 1. The number of carbonyl (C=O) groups is 3. The number of hydrogen-bond donors (Lipinski definition) is 2. The van der Waals surface area contributed by atoms with Gasteiger partial charge < -0.3 is 15.2 Å². The van der Waals surface area contributed by atoms with Gasteiger partial charge in [-0.2, -0.15) is 4.98 Å². The van der Waals surface area contributed by atoms with Crippen molar-refractivity contribution in [3.05, 3.63) is 47.1 Å². The van der Waals surface area contributed by atoms with Crippen LogP contribution in [0.1, 0.15) is 212 Å². The number of rotatable bonds is 38. The molecule has 10 heteroatoms. The molecule has 0 saturated carbocycles. The van der Waals surface area contributed by atoms with Gasteiger partial charge in [0.25, 0.3) is 0 Å². The van der Waals surface area contributed by atoms with Crippen LogP contribution >= 0.6 is 11.8 Å². The van der Waals surface area contributed by atoms with Gasteiger partial charge in [-0.3, -0.25) is 19.0 Å². The molecule has 2 heterocycles. The summed E-state index contributed by atoms with van der Waals surface area (Å²) in [7, 11) is 0. The summed E-state index contributed by atoms with van der Waals surface area (Å²) in [5.74, 6) is -0.785. The van der Waals surface area contributed by atoms with Crippen molar-refractivity contribution in [1.82, 2.24) is 9.55 Å². The molecule has 3 unspecified atom stereocenters. The Labute approximate surface area is 356 Å². The zero-order chi connectivity index (χ0) is 41.9. The Morgan fingerprint density at radius 1 is 0.741 bits per heavy atom. The third-order valence-electron chi connectivity index (χ3n) is 11.1. The first-order valence-electron chi connectivity index (χ1n) is 23.5. The largest absolute Gasteiger partial charge is 0.393 e. The average molecular weight is 828 g/mol. The molecule has 0 aromatic carbocycles. The van der Waals surface area contributed by atoms with Crippen molar-refractivity contribution < 1.29 is 24.2 Å². The predicted molar refractivity (Wildman–Crippen MR) is 242 cm³/mol. The molecule has 9 nitrogen and oxygen atoms in total. The number of aromatic nitrogens is 2. The summed E-state index contributed by atoms with van der Waals surface area (Å²) >= 11 is 1.34. The Morgan fingerprint density at radius 2 is 1.22 bits per heavy atom. The van der Waals surface area contributed by atoms with Crippen LogP contribution in [0, 0.1) is 5.92 Å². The third-order valence-corrected chi connectivity index (χ3v) is 12.3. The van der Waals surface area contributed by atoms with Crippen molar-refractivity contribution >= 4 is 35.1 Å². The summed E-state index contributed by atoms with van der Waals surface area (Å²) in [6.07, 6.45) is 42.2. The van der Waals surface area contributed by atoms with E-state index in [4.69, 9.17) is 4.74 Å². The summed E-state index contributed by atoms with van der Waals surface area (Å²) in [6, 6.07) is 1.56. The lowest BCUT2D eigenvalue weighted by molar-refractivity contribution is -0.127. The highest BCUT2D eigenvalue weighted by atomic mass is 32.2. The standard InChI is InChI=1S/C48H81N3O6S/c1-3-5-7-9-11-13-15-17-19-21-22-24-26-28-30-32-42(53)35-34-41(38-43(54)33-31-29-27-25-23-20-18-16-14-12-10-8-6-4-2)47(55)49-44-36-37-51(48(56)50-44)45-40-57-46(39-52)58-45/h17-20,36-37,41,45-46,52H,3-16,21-35,38-40H2,1-2H3,(H,49,50,55,56). The van der Waals surface area contributed by atoms with E-state index in [1.807, 2.05) is 0 Å². The van der Waals surface area contributed by atoms with E-state index in [0.717, 1.165) is 64.2 Å². The predicted octanol–water partition coefficient (Wildman–Crippen LogP) is 12.4. The lowest BCUT2D eigenvalue weighted by Crippen LogP contribution is -2.30. The maximum absolute atomic E-state index is 13.5. The van der Waals surface area contributed by atoms with Crippen molar-refractivity contribution in [2.24, 2.45) is 5.92 Å². The Kier molecular flexibility index (Phi) is 31.3. The topological polar surface area (TPSA) is 128 Å². The van der Waals surface area contributed by atoms with Crippen molar-refractivity contribution in [2.45, 2.75) is 217 Å². The zero-order valence-electron chi connectivity index (χ0n) is 36.6. The molecule has 330 valence electrons. The number of thioether (sulfide) groups is 1. The molecule has 1 fully saturated rings. The molecule has 0 bridgehead atoms. The molecular weight excluding hydrogens is 747 g/mol. The van der Waals surface area contributed by atoms with Crippen LogP contribution in [0.2, 0.25) is 0 Å². The van der Waals surface area contributed by atoms with Crippen LogP contribution < -0.4 is 11.0 Å². The van der Waals surface area contributed by atoms with E-state index >= 15 is 0 Å². The first kappa shape index (κ1) is 51.6. The van der Waals surface area contributed by atoms with Crippen molar-refractivity contribution in [3.8, 4) is 0 Å². The van der Waals surface area contributed by atoms with E-state index in [9.17, 15) is 24.3 Å². The first-order chi connectivity index (χ1) is 28.4. The van der Waals surface area contributed by atoms with Gasteiger partial charge >= 0.3 is 5.69 Å². The second-order valence-electron chi connectivity index (χ2n) is 16.4. The molecule has 1 amide bonds. The summed E-state index contributed by atoms with van der Waals surface area (Å²) in [6.45, 7) is 4.63. The molecule has 2 rings (SSSR count). The third kappa shape index (κ3) is 25.8. The van der Waals surface area contributed by atoms with E-state index < -0.39 is 23.0 Å². The number of nitrogens with zero attached hydrogens (tertiary/aromatic N) is 2. The van der Waals surface area contributed by atoms with Gasteiger partial charge in [0.2, 0.25) is 5.91 Å². The summed E-state index contributed by atoms with van der Waals surface area (Å²) in [5.41, 5.74) is -0.926. The maximum Gasteiger partial charge on any atom is 0.350 e. The van der Waals surface area contributed by atoms with Crippen LogP contribution in [0.5, 0.6) is 0 Å². The summed E-state index contributed by atoms with van der Waals surface area (Å²) < 4.78 is 6.91. The molecule has 1 aromatic rings. The van der Waals surface area contributed by atoms with E-state index in [1.54, 1.807) is 12.3 Å². The maximum atomic E-state index is 13.5. The fraction of sp³-hybridized carbons (Fsp3) is 0.771. The van der Waals surface area contributed by atoms with Crippen LogP contribution in [0.15, 0.2) is 41.4 Å². The minimum Gasteiger partial charge on any atom is -0.393 e. The fourth-order valence-electron chi connectivity index (χ4n) is 7.39. The quantitative estimate of drug-likeness (QED) is 0.0498. The lowest BCUT2D eigenvalue weighted by Gasteiger charge is -2.17. The van der Waals surface area contributed by atoms with Crippen LogP contribution in [0.3, 0.4) is 0 Å². The van der Waals surface area contributed by atoms with E-state index in [0.29, 0.717) is 19.3 Å². The van der Waals surface area contributed by atoms with Gasteiger partial charge in [-0.25, -0.2) is 4.79 Å². The number of ether oxygens (including phenoxy) is 1. The number of aliphatic hydroxyl groups is 1. The van der Waals surface area contributed by atoms with Gasteiger partial charge in [-0.15, -0.1) is 11.8 Å². The number of anilines is 1. The van der Waals surface area contributed by atoms with Gasteiger partial charge in [0.05, 0.1) is 13.2 Å². The molecule has 1 aliphatic heterocycles. The van der Waals surface area contributed by atoms with Gasteiger partial charge in [-0.1, -0.05) is 134 Å². The van der Waals surface area contributed by atoms with E-state index in [-0.39, 0.29) is 48.8 Å². The van der Waals surface area contributed by atoms with Crippen LogP contribution in [0.25, 0.3) is 0 Å². The first-order valence-corrected chi connectivity index (χ1v) is 24.4. The molecule has 0 spiro atoms. The van der Waals surface area contributed by atoms with Gasteiger partial charge in [0.1, 0.15) is 28.2 Å². The monoisotopic (exact) mass is 828 g/mol. The number of allylic oxidation sites excluding steroid dienone is 4. The fourth-order valence-corrected chi connectivity index (χ4v) is 8.43. The number of Topliss-reactive ketones (excluding diaryl/α,β-unsaturated/α-hetero) is 2. The minimum atomic E-state index is -0.671. The van der Waals surface area contributed by atoms with Crippen LogP contribution in [0.4, 0.5) is 5.82 Å². The van der Waals surface area contributed by atoms with Crippen molar-refractivity contribution in [1.29, 1.82) is 0 Å². The Balaban J connectivity index is 1.74. The number of nitrogens with one attached hydrogen (secondary N) is 1. The van der Waals surface area contributed by atoms with Crippen LogP contribution in [-0.2, 0) is 19.1 Å². The average Bonchev–Trinajstić information content (AvgIpc) is 3.70. The highest BCUT2D eigenvalue weighted by Crippen LogP contribution is 2.34. The van der Waals surface area contributed by atoms with E-state index in [1.165, 1.54) is 113 Å². The molecule has 0 aliphatic carbocycles. The second-order valence-corrected chi connectivity index (χ2v) is 17.7. The number of unbranched alkanes of at least 4 members (excludes halogenated alkanes) is 21. The molecule has 1 aromatic heterocycles. The normalized spacial score (nSPS) is 16.1. The van der Waals surface area contributed by atoms with Gasteiger partial charge in [0, 0.05) is 37.8 Å². The molecule has 3 atom stereocenters. The molecule has 1 aliphatic rings. The minimum absolute atomic E-state index is 0.0313. The molecule has 0 radical (unpaired) electrons. The molecule has 2 N–H and O–H groups in total.